The summed E-state index contributed by atoms with van der Waals surface area (Å²) in [5, 5.41) is 3.94. The molecule has 29 heavy (non-hydrogen) atoms. The number of hydrogen-bond acceptors (Lipinski definition) is 3. The van der Waals surface area contributed by atoms with Gasteiger partial charge in [0.15, 0.2) is 11.5 Å². The fourth-order valence-corrected chi connectivity index (χ4v) is 3.85. The van der Waals surface area contributed by atoms with Gasteiger partial charge < -0.3 is 19.8 Å². The van der Waals surface area contributed by atoms with Crippen molar-refractivity contribution >= 4 is 16.8 Å². The first-order valence-electron chi connectivity index (χ1n) is 9.58. The highest BCUT2D eigenvalue weighted by molar-refractivity contribution is 5.99. The lowest BCUT2D eigenvalue weighted by Crippen LogP contribution is -2.22. The average Bonchev–Trinajstić information content (AvgIpc) is 3.09. The van der Waals surface area contributed by atoms with Crippen LogP contribution in [0.25, 0.3) is 10.9 Å². The summed E-state index contributed by atoms with van der Waals surface area (Å²) in [6, 6.07) is 10.3. The zero-order valence-corrected chi connectivity index (χ0v) is 16.1. The molecule has 0 radical (unpaired) electrons. The molecule has 0 spiro atoms. The summed E-state index contributed by atoms with van der Waals surface area (Å²) in [4.78, 5) is 16.1. The van der Waals surface area contributed by atoms with Gasteiger partial charge in [-0.1, -0.05) is 6.07 Å². The van der Waals surface area contributed by atoms with Gasteiger partial charge in [0.25, 0.3) is 5.91 Å². The molecule has 1 aromatic heterocycles. The van der Waals surface area contributed by atoms with Crippen molar-refractivity contribution in [3.63, 3.8) is 0 Å². The minimum absolute atomic E-state index is 0.0605. The Morgan fingerprint density at radius 1 is 1.14 bits per heavy atom. The predicted molar refractivity (Wildman–Crippen MR) is 106 cm³/mol. The Bertz CT molecular complexity index is 1050. The van der Waals surface area contributed by atoms with Crippen LogP contribution in [0.5, 0.6) is 11.5 Å². The Balaban J connectivity index is 1.50. The van der Waals surface area contributed by atoms with Crippen molar-refractivity contribution in [2.75, 3.05) is 7.11 Å². The molecule has 1 aliphatic carbocycles. The van der Waals surface area contributed by atoms with E-state index in [1.165, 1.54) is 36.9 Å². The van der Waals surface area contributed by atoms with Crippen molar-refractivity contribution in [1.29, 1.82) is 0 Å². The van der Waals surface area contributed by atoms with E-state index in [4.69, 9.17) is 4.74 Å². The highest BCUT2D eigenvalue weighted by Gasteiger charge is 2.17. The summed E-state index contributed by atoms with van der Waals surface area (Å²) in [6.07, 6.45) is 4.42. The van der Waals surface area contributed by atoms with Crippen molar-refractivity contribution < 1.29 is 23.0 Å². The number of carbonyl (C=O) groups excluding carboxylic acids is 1. The lowest BCUT2D eigenvalue weighted by Gasteiger charge is -2.12. The number of H-pyrrole nitrogens is 1. The van der Waals surface area contributed by atoms with Gasteiger partial charge in [-0.15, -0.1) is 0 Å². The molecule has 0 fully saturated rings. The Morgan fingerprint density at radius 2 is 1.97 bits per heavy atom. The van der Waals surface area contributed by atoms with Gasteiger partial charge in [0.1, 0.15) is 0 Å². The number of ether oxygens (including phenoxy) is 2. The molecule has 0 bridgehead atoms. The normalized spacial score (nSPS) is 13.4. The number of halogens is 2. The van der Waals surface area contributed by atoms with Gasteiger partial charge >= 0.3 is 6.61 Å². The van der Waals surface area contributed by atoms with Crippen LogP contribution in [-0.2, 0) is 19.4 Å². The maximum atomic E-state index is 12.6. The van der Waals surface area contributed by atoms with Gasteiger partial charge in [-0.2, -0.15) is 8.78 Å². The van der Waals surface area contributed by atoms with E-state index in [1.54, 1.807) is 12.1 Å². The molecule has 0 aliphatic heterocycles. The van der Waals surface area contributed by atoms with E-state index in [2.05, 4.69) is 15.0 Å². The molecule has 1 heterocycles. The minimum atomic E-state index is -2.95. The molecule has 2 aromatic carbocycles. The SMILES string of the molecule is COc1ccc(CNC(=O)c2ccc3[nH]c4c(c3c2)CCCC4)cc1OC(F)F. The number of aromatic nitrogens is 1. The van der Waals surface area contributed by atoms with Crippen LogP contribution >= 0.6 is 0 Å². The Labute approximate surface area is 167 Å². The number of fused-ring (bicyclic) bond motifs is 3. The Kier molecular flexibility index (Phi) is 5.38. The molecule has 152 valence electrons. The van der Waals surface area contributed by atoms with Crippen molar-refractivity contribution in [1.82, 2.24) is 10.3 Å². The lowest BCUT2D eigenvalue weighted by molar-refractivity contribution is -0.0512. The Hall–Kier alpha value is -3.09. The van der Waals surface area contributed by atoms with Gasteiger partial charge in [0.2, 0.25) is 0 Å². The molecule has 2 N–H and O–H groups in total. The largest absolute Gasteiger partial charge is 0.493 e. The predicted octanol–water partition coefficient (Wildman–Crippen LogP) is 4.59. The number of aromatic amines is 1. The van der Waals surface area contributed by atoms with Gasteiger partial charge in [-0.05, 0) is 67.1 Å². The molecular formula is C22H22F2N2O3. The van der Waals surface area contributed by atoms with Crippen LogP contribution < -0.4 is 14.8 Å². The van der Waals surface area contributed by atoms with Gasteiger partial charge in [0.05, 0.1) is 7.11 Å². The number of alkyl halides is 2. The smallest absolute Gasteiger partial charge is 0.387 e. The van der Waals surface area contributed by atoms with Crippen LogP contribution in [0.1, 0.15) is 40.0 Å². The standard InChI is InChI=1S/C22H22F2N2O3/c1-28-19-9-6-13(10-20(19)29-22(23)24)12-25-21(27)14-7-8-18-16(11-14)15-4-2-3-5-17(15)26-18/h6-11,22,26H,2-5,12H2,1H3,(H,25,27). The molecule has 5 nitrogen and oxygen atoms in total. The van der Waals surface area contributed by atoms with Crippen LogP contribution in [-0.4, -0.2) is 24.6 Å². The molecule has 1 amide bonds. The van der Waals surface area contributed by atoms with Crippen LogP contribution in [0.2, 0.25) is 0 Å². The number of amides is 1. The fourth-order valence-electron chi connectivity index (χ4n) is 3.85. The number of benzene rings is 2. The zero-order valence-electron chi connectivity index (χ0n) is 16.1. The Morgan fingerprint density at radius 3 is 2.76 bits per heavy atom. The van der Waals surface area contributed by atoms with E-state index >= 15 is 0 Å². The number of methoxy groups -OCH3 is 1. The molecule has 7 heteroatoms. The number of rotatable bonds is 6. The van der Waals surface area contributed by atoms with Gasteiger partial charge in [-0.3, -0.25) is 4.79 Å². The number of hydrogen-bond donors (Lipinski definition) is 2. The summed E-state index contributed by atoms with van der Waals surface area (Å²) in [7, 11) is 1.38. The van der Waals surface area contributed by atoms with E-state index in [1.807, 2.05) is 12.1 Å². The molecule has 0 unspecified atom stereocenters. The first-order chi connectivity index (χ1) is 14.0. The van der Waals surface area contributed by atoms with Crippen molar-refractivity contribution in [3.05, 3.63) is 58.8 Å². The number of nitrogens with one attached hydrogen (secondary N) is 2. The molecular weight excluding hydrogens is 378 g/mol. The third-order valence-electron chi connectivity index (χ3n) is 5.26. The zero-order chi connectivity index (χ0) is 20.4. The van der Waals surface area contributed by atoms with Crippen LogP contribution in [0.15, 0.2) is 36.4 Å². The van der Waals surface area contributed by atoms with E-state index < -0.39 is 6.61 Å². The molecule has 1 aliphatic rings. The molecule has 4 rings (SSSR count). The summed E-state index contributed by atoms with van der Waals surface area (Å²) in [5.74, 6) is -0.0671. The van der Waals surface area contributed by atoms with E-state index in [0.717, 1.165) is 30.2 Å². The molecule has 0 saturated heterocycles. The van der Waals surface area contributed by atoms with Crippen molar-refractivity contribution in [2.24, 2.45) is 0 Å². The molecule has 3 aromatic rings. The first kappa shape index (κ1) is 19.2. The average molecular weight is 400 g/mol. The fraction of sp³-hybridized carbons (Fsp3) is 0.318. The third-order valence-corrected chi connectivity index (χ3v) is 5.26. The van der Waals surface area contributed by atoms with Crippen LogP contribution in [0, 0.1) is 0 Å². The summed E-state index contributed by atoms with van der Waals surface area (Å²) in [5.41, 5.74) is 4.84. The molecule has 0 atom stereocenters. The minimum Gasteiger partial charge on any atom is -0.493 e. The monoisotopic (exact) mass is 400 g/mol. The second-order valence-corrected chi connectivity index (χ2v) is 7.10. The lowest BCUT2D eigenvalue weighted by atomic mass is 9.95. The van der Waals surface area contributed by atoms with Crippen LogP contribution in [0.3, 0.4) is 0 Å². The summed E-state index contributed by atoms with van der Waals surface area (Å²) < 4.78 is 34.7. The number of carbonyl (C=O) groups is 1. The van der Waals surface area contributed by atoms with Crippen molar-refractivity contribution in [3.8, 4) is 11.5 Å². The van der Waals surface area contributed by atoms with Gasteiger partial charge in [0, 0.05) is 28.7 Å². The van der Waals surface area contributed by atoms with E-state index in [0.29, 0.717) is 11.1 Å². The number of aryl methyl sites for hydroxylation is 2. The van der Waals surface area contributed by atoms with Gasteiger partial charge in [-0.25, -0.2) is 0 Å². The summed E-state index contributed by atoms with van der Waals surface area (Å²) in [6.45, 7) is -2.76. The quantitative estimate of drug-likeness (QED) is 0.636. The second-order valence-electron chi connectivity index (χ2n) is 7.10. The highest BCUT2D eigenvalue weighted by Crippen LogP contribution is 2.31. The maximum Gasteiger partial charge on any atom is 0.387 e. The maximum absolute atomic E-state index is 12.6. The van der Waals surface area contributed by atoms with Crippen LogP contribution in [0.4, 0.5) is 8.78 Å². The molecule has 0 saturated carbocycles. The van der Waals surface area contributed by atoms with Crippen molar-refractivity contribution in [2.45, 2.75) is 38.8 Å². The second kappa shape index (κ2) is 8.11. The van der Waals surface area contributed by atoms with E-state index in [9.17, 15) is 13.6 Å². The topological polar surface area (TPSA) is 63.3 Å². The highest BCUT2D eigenvalue weighted by atomic mass is 19.3. The first-order valence-corrected chi connectivity index (χ1v) is 9.58. The third kappa shape index (κ3) is 4.04. The summed E-state index contributed by atoms with van der Waals surface area (Å²) >= 11 is 0. The van der Waals surface area contributed by atoms with E-state index in [-0.39, 0.29) is 24.0 Å².